The second kappa shape index (κ2) is 9.42. The van der Waals surface area contributed by atoms with Crippen molar-refractivity contribution in [2.45, 2.75) is 6.92 Å². The third kappa shape index (κ3) is 6.54. The SMILES string of the molecule is Cc1cc[c-]cc1.[Cl-].[Cl][Ru+2]. The fourth-order valence-electron chi connectivity index (χ4n) is 0.470. The number of aryl methyl sites for hydroxylation is 1. The minimum atomic E-state index is 0. The zero-order valence-electron chi connectivity index (χ0n) is 5.42. The molecule has 0 N–H and O–H groups in total. The van der Waals surface area contributed by atoms with Crippen LogP contribution in [0.15, 0.2) is 24.3 Å². The minimum absolute atomic E-state index is 0. The van der Waals surface area contributed by atoms with Crippen LogP contribution in [0.25, 0.3) is 0 Å². The van der Waals surface area contributed by atoms with E-state index in [9.17, 15) is 0 Å². The van der Waals surface area contributed by atoms with Gasteiger partial charge < -0.3 is 12.4 Å². The molecule has 1 aromatic rings. The Morgan fingerprint density at radius 1 is 1.30 bits per heavy atom. The average Bonchev–Trinajstić information content (AvgIpc) is 1.94. The van der Waals surface area contributed by atoms with Gasteiger partial charge in [0.15, 0.2) is 0 Å². The molecule has 0 aliphatic rings. The molecular weight excluding hydrogens is 256 g/mol. The van der Waals surface area contributed by atoms with Crippen molar-refractivity contribution in [3.05, 3.63) is 35.9 Å². The quantitative estimate of drug-likeness (QED) is 0.437. The van der Waals surface area contributed by atoms with E-state index in [-0.39, 0.29) is 12.4 Å². The first-order chi connectivity index (χ1) is 4.39. The molecule has 0 nitrogen and oxygen atoms in total. The van der Waals surface area contributed by atoms with Gasteiger partial charge in [-0.25, -0.2) is 0 Å². The number of hydrogen-bond acceptors (Lipinski definition) is 0. The predicted octanol–water partition coefficient (Wildman–Crippen LogP) is -0.514. The zero-order chi connectivity index (χ0) is 7.11. The van der Waals surface area contributed by atoms with Crippen LogP contribution in [0.4, 0.5) is 0 Å². The van der Waals surface area contributed by atoms with Crippen molar-refractivity contribution in [3.63, 3.8) is 0 Å². The normalized spacial score (nSPS) is 6.60. The van der Waals surface area contributed by atoms with E-state index in [0.29, 0.717) is 0 Å². The predicted molar refractivity (Wildman–Crippen MR) is 35.9 cm³/mol. The Labute approximate surface area is 82.1 Å². The Morgan fingerprint density at radius 2 is 1.70 bits per heavy atom. The summed E-state index contributed by atoms with van der Waals surface area (Å²) >= 11 is 1.82. The van der Waals surface area contributed by atoms with Gasteiger partial charge in [0, 0.05) is 0 Å². The summed E-state index contributed by atoms with van der Waals surface area (Å²) < 4.78 is 0. The number of rotatable bonds is 0. The van der Waals surface area contributed by atoms with Gasteiger partial charge in [0.1, 0.15) is 0 Å². The van der Waals surface area contributed by atoms with Gasteiger partial charge in [-0.2, -0.15) is 35.9 Å². The third-order valence-electron chi connectivity index (χ3n) is 0.885. The molecule has 0 amide bonds. The van der Waals surface area contributed by atoms with E-state index in [1.54, 1.807) is 0 Å². The van der Waals surface area contributed by atoms with Crippen LogP contribution in [-0.2, 0) is 17.3 Å². The molecule has 0 saturated heterocycles. The van der Waals surface area contributed by atoms with Gasteiger partial charge in [-0.05, 0) is 0 Å². The molecule has 0 bridgehead atoms. The summed E-state index contributed by atoms with van der Waals surface area (Å²) in [5.74, 6) is 0. The molecule has 57 valence electrons. The molecule has 1 aromatic carbocycles. The molecule has 0 aromatic heterocycles. The summed E-state index contributed by atoms with van der Waals surface area (Å²) in [6, 6.07) is 10.8. The van der Waals surface area contributed by atoms with Crippen LogP contribution in [0.3, 0.4) is 0 Å². The van der Waals surface area contributed by atoms with Crippen LogP contribution in [0.5, 0.6) is 0 Å². The summed E-state index contributed by atoms with van der Waals surface area (Å²) in [4.78, 5) is 0. The molecule has 3 heteroatoms. The Bertz CT molecular complexity index is 142. The van der Waals surface area contributed by atoms with Gasteiger partial charge in [-0.1, -0.05) is 6.92 Å². The van der Waals surface area contributed by atoms with Crippen LogP contribution in [-0.4, -0.2) is 0 Å². The first kappa shape index (κ1) is 13.0. The Kier molecular flexibility index (Phi) is 12.3. The number of hydrogen-bond donors (Lipinski definition) is 0. The fraction of sp³-hybridized carbons (Fsp3) is 0.143. The topological polar surface area (TPSA) is 0 Å². The first-order valence-corrected chi connectivity index (χ1v) is 4.69. The van der Waals surface area contributed by atoms with Crippen molar-refractivity contribution >= 4 is 9.69 Å². The maximum atomic E-state index is 4.57. The van der Waals surface area contributed by atoms with E-state index < -0.39 is 0 Å². The molecule has 1 rings (SSSR count). The van der Waals surface area contributed by atoms with E-state index in [1.807, 2.05) is 41.6 Å². The monoisotopic (exact) mass is 263 g/mol. The maximum absolute atomic E-state index is 4.57. The van der Waals surface area contributed by atoms with Crippen molar-refractivity contribution in [2.24, 2.45) is 0 Å². The molecule has 0 fully saturated rings. The standard InChI is InChI=1S/C7H7.2ClH.Ru/c1-7-5-3-2-4-6-7;;;/h3-6H,1H3;2*1H;/q-1;;;+3/p-2. The van der Waals surface area contributed by atoms with Crippen LogP contribution in [0, 0.1) is 13.0 Å². The fourth-order valence-corrected chi connectivity index (χ4v) is 0.470. The third-order valence-corrected chi connectivity index (χ3v) is 0.885. The molecule has 0 saturated carbocycles. The van der Waals surface area contributed by atoms with Gasteiger partial charge in [0.05, 0.1) is 0 Å². The van der Waals surface area contributed by atoms with Crippen molar-refractivity contribution in [1.82, 2.24) is 0 Å². The second-order valence-corrected chi connectivity index (χ2v) is 1.58. The summed E-state index contributed by atoms with van der Waals surface area (Å²) in [5, 5.41) is 0. The first-order valence-electron chi connectivity index (χ1n) is 2.45. The number of halogens is 2. The molecule has 0 unspecified atom stereocenters. The molecule has 0 spiro atoms. The zero-order valence-corrected chi connectivity index (χ0v) is 8.67. The molecule has 0 aliphatic heterocycles. The Morgan fingerprint density at radius 3 is 1.90 bits per heavy atom. The summed E-state index contributed by atoms with van der Waals surface area (Å²) in [6.45, 7) is 2.06. The van der Waals surface area contributed by atoms with Crippen molar-refractivity contribution in [2.75, 3.05) is 0 Å². The van der Waals surface area contributed by atoms with Crippen LogP contribution >= 0.6 is 9.69 Å². The van der Waals surface area contributed by atoms with E-state index in [1.165, 1.54) is 5.56 Å². The summed E-state index contributed by atoms with van der Waals surface area (Å²) in [7, 11) is 4.57. The van der Waals surface area contributed by atoms with Crippen molar-refractivity contribution < 1.29 is 29.7 Å². The Balaban J connectivity index is 0. The molecule has 0 heterocycles. The molecule has 0 aliphatic carbocycles. The molecule has 0 radical (unpaired) electrons. The van der Waals surface area contributed by atoms with Gasteiger partial charge in [0.25, 0.3) is 0 Å². The van der Waals surface area contributed by atoms with E-state index in [2.05, 4.69) is 22.7 Å². The van der Waals surface area contributed by atoms with Crippen molar-refractivity contribution in [3.8, 4) is 0 Å². The molecular formula is C7H7Cl2Ru. The van der Waals surface area contributed by atoms with E-state index in [4.69, 9.17) is 0 Å². The van der Waals surface area contributed by atoms with Gasteiger partial charge in [0.2, 0.25) is 0 Å². The van der Waals surface area contributed by atoms with Gasteiger partial charge in [-0.3, -0.25) is 0 Å². The Hall–Kier alpha value is 0.423. The van der Waals surface area contributed by atoms with Gasteiger partial charge >= 0.3 is 27.0 Å². The second-order valence-electron chi connectivity index (χ2n) is 1.58. The average molecular weight is 263 g/mol. The summed E-state index contributed by atoms with van der Waals surface area (Å²) in [6.07, 6.45) is 0. The van der Waals surface area contributed by atoms with Crippen molar-refractivity contribution in [1.29, 1.82) is 0 Å². The number of benzene rings is 1. The van der Waals surface area contributed by atoms with Crippen LogP contribution < -0.4 is 12.4 Å². The summed E-state index contributed by atoms with van der Waals surface area (Å²) in [5.41, 5.74) is 1.29. The molecule has 10 heavy (non-hydrogen) atoms. The van der Waals surface area contributed by atoms with Crippen LogP contribution in [0.2, 0.25) is 0 Å². The molecule has 0 atom stereocenters. The van der Waals surface area contributed by atoms with E-state index in [0.717, 1.165) is 0 Å². The van der Waals surface area contributed by atoms with Gasteiger partial charge in [-0.15, -0.1) is 0 Å². The van der Waals surface area contributed by atoms with Crippen LogP contribution in [0.1, 0.15) is 5.56 Å². The van der Waals surface area contributed by atoms with E-state index >= 15 is 0 Å².